The molecular weight excluding hydrogens is 124 g/mol. The summed E-state index contributed by atoms with van der Waals surface area (Å²) in [7, 11) is 2.61. The Hall–Kier alpha value is -1.10. The van der Waals surface area contributed by atoms with Crippen LogP contribution in [0.2, 0.25) is 0 Å². The van der Waals surface area contributed by atoms with Crippen molar-refractivity contribution in [3.8, 4) is 0 Å². The Labute approximate surface area is 52.3 Å². The van der Waals surface area contributed by atoms with Crippen molar-refractivity contribution in [2.75, 3.05) is 14.2 Å². The fourth-order valence-corrected chi connectivity index (χ4v) is 0.257. The summed E-state index contributed by atoms with van der Waals surface area (Å²) in [6, 6.07) is 0. The zero-order chi connectivity index (χ0) is 7.28. The standard InChI is InChI=1S/C4H8N2O3/c1-5-6-3(7)4(8)9-2/h5H,1-2H3,(H,6,7). The fraction of sp³-hybridized carbons (Fsp3) is 0.500. The number of carbonyl (C=O) groups excluding carboxylic acids is 2. The summed E-state index contributed by atoms with van der Waals surface area (Å²) >= 11 is 0. The van der Waals surface area contributed by atoms with Gasteiger partial charge in [0.15, 0.2) is 0 Å². The molecule has 0 aliphatic heterocycles. The second-order valence-corrected chi connectivity index (χ2v) is 1.20. The molecule has 0 aromatic carbocycles. The lowest BCUT2D eigenvalue weighted by Crippen LogP contribution is -2.39. The normalized spacial score (nSPS) is 8.22. The van der Waals surface area contributed by atoms with Crippen LogP contribution in [0.3, 0.4) is 0 Å². The average molecular weight is 132 g/mol. The maximum Gasteiger partial charge on any atom is 0.397 e. The zero-order valence-electron chi connectivity index (χ0n) is 5.22. The highest BCUT2D eigenvalue weighted by atomic mass is 16.5. The first-order chi connectivity index (χ1) is 4.22. The van der Waals surface area contributed by atoms with Crippen LogP contribution in [0, 0.1) is 0 Å². The van der Waals surface area contributed by atoms with E-state index in [0.29, 0.717) is 0 Å². The molecular formula is C4H8N2O3. The lowest BCUT2D eigenvalue weighted by molar-refractivity contribution is -0.153. The van der Waals surface area contributed by atoms with Gasteiger partial charge in [0.25, 0.3) is 0 Å². The Morgan fingerprint density at radius 3 is 2.33 bits per heavy atom. The minimum atomic E-state index is -0.913. The third-order valence-electron chi connectivity index (χ3n) is 0.609. The number of nitrogens with one attached hydrogen (secondary N) is 2. The van der Waals surface area contributed by atoms with Gasteiger partial charge in [-0.15, -0.1) is 0 Å². The van der Waals surface area contributed by atoms with Gasteiger partial charge in [0.1, 0.15) is 0 Å². The molecule has 0 aromatic rings. The number of amides is 1. The molecule has 0 rings (SSSR count). The van der Waals surface area contributed by atoms with E-state index in [0.717, 1.165) is 7.11 Å². The van der Waals surface area contributed by atoms with Crippen molar-refractivity contribution in [2.24, 2.45) is 0 Å². The van der Waals surface area contributed by atoms with Crippen molar-refractivity contribution in [3.63, 3.8) is 0 Å². The predicted molar refractivity (Wildman–Crippen MR) is 29.2 cm³/mol. The van der Waals surface area contributed by atoms with Gasteiger partial charge in [0, 0.05) is 7.05 Å². The third-order valence-corrected chi connectivity index (χ3v) is 0.609. The van der Waals surface area contributed by atoms with E-state index in [-0.39, 0.29) is 0 Å². The van der Waals surface area contributed by atoms with E-state index in [1.807, 2.05) is 5.43 Å². The lowest BCUT2D eigenvalue weighted by Gasteiger charge is -1.98. The number of hydrogen-bond donors (Lipinski definition) is 2. The number of hydrogen-bond acceptors (Lipinski definition) is 4. The van der Waals surface area contributed by atoms with E-state index in [9.17, 15) is 9.59 Å². The van der Waals surface area contributed by atoms with Gasteiger partial charge in [-0.25, -0.2) is 10.2 Å². The molecule has 9 heavy (non-hydrogen) atoms. The molecule has 0 spiro atoms. The number of methoxy groups -OCH3 is 1. The van der Waals surface area contributed by atoms with Crippen LogP contribution in [0.25, 0.3) is 0 Å². The van der Waals surface area contributed by atoms with Crippen molar-refractivity contribution >= 4 is 11.9 Å². The van der Waals surface area contributed by atoms with Gasteiger partial charge in [-0.1, -0.05) is 0 Å². The highest BCUT2D eigenvalue weighted by molar-refractivity contribution is 6.32. The van der Waals surface area contributed by atoms with Gasteiger partial charge in [-0.2, -0.15) is 0 Å². The smallest absolute Gasteiger partial charge is 0.397 e. The Kier molecular flexibility index (Phi) is 3.38. The van der Waals surface area contributed by atoms with Crippen LogP contribution in [0.15, 0.2) is 0 Å². The highest BCUT2D eigenvalue weighted by Crippen LogP contribution is 1.69. The van der Waals surface area contributed by atoms with Crippen LogP contribution < -0.4 is 10.9 Å². The molecule has 0 aliphatic carbocycles. The molecule has 0 atom stereocenters. The molecule has 0 saturated carbocycles. The number of rotatable bonds is 1. The lowest BCUT2D eigenvalue weighted by atomic mass is 10.6. The van der Waals surface area contributed by atoms with E-state index < -0.39 is 11.9 Å². The third kappa shape index (κ3) is 2.65. The summed E-state index contributed by atoms with van der Waals surface area (Å²) in [4.78, 5) is 20.6. The second kappa shape index (κ2) is 3.85. The quantitative estimate of drug-likeness (QED) is 0.256. The van der Waals surface area contributed by atoms with Gasteiger partial charge in [0.2, 0.25) is 0 Å². The number of esters is 1. The van der Waals surface area contributed by atoms with E-state index in [4.69, 9.17) is 0 Å². The van der Waals surface area contributed by atoms with Crippen LogP contribution in [0.1, 0.15) is 0 Å². The van der Waals surface area contributed by atoms with E-state index in [1.165, 1.54) is 7.05 Å². The molecule has 0 aliphatic rings. The van der Waals surface area contributed by atoms with Gasteiger partial charge >= 0.3 is 11.9 Å². The van der Waals surface area contributed by atoms with Gasteiger partial charge in [-0.05, 0) is 0 Å². The fourth-order valence-electron chi connectivity index (χ4n) is 0.257. The molecule has 52 valence electrons. The molecule has 0 saturated heterocycles. The van der Waals surface area contributed by atoms with E-state index in [1.54, 1.807) is 0 Å². The van der Waals surface area contributed by atoms with Crippen LogP contribution >= 0.6 is 0 Å². The van der Waals surface area contributed by atoms with Crippen LogP contribution in [-0.2, 0) is 14.3 Å². The molecule has 0 radical (unpaired) electrons. The molecule has 0 fully saturated rings. The van der Waals surface area contributed by atoms with Crippen LogP contribution in [-0.4, -0.2) is 26.0 Å². The van der Waals surface area contributed by atoms with Gasteiger partial charge < -0.3 is 4.74 Å². The van der Waals surface area contributed by atoms with Gasteiger partial charge in [-0.3, -0.25) is 10.2 Å². The molecule has 5 nitrogen and oxygen atoms in total. The Morgan fingerprint density at radius 1 is 1.44 bits per heavy atom. The summed E-state index contributed by atoms with van der Waals surface area (Å²) in [5.41, 5.74) is 4.32. The first-order valence-corrected chi connectivity index (χ1v) is 2.27. The summed E-state index contributed by atoms with van der Waals surface area (Å²) in [6.07, 6.45) is 0. The van der Waals surface area contributed by atoms with E-state index in [2.05, 4.69) is 10.2 Å². The number of hydrazine groups is 1. The highest BCUT2D eigenvalue weighted by Gasteiger charge is 2.10. The predicted octanol–water partition coefficient (Wildman–Crippen LogP) is -1.59. The molecule has 0 bridgehead atoms. The Balaban J connectivity index is 3.60. The number of ether oxygens (including phenoxy) is 1. The van der Waals surface area contributed by atoms with Crippen LogP contribution in [0.4, 0.5) is 0 Å². The Morgan fingerprint density at radius 2 is 2.00 bits per heavy atom. The zero-order valence-corrected chi connectivity index (χ0v) is 5.22. The van der Waals surface area contributed by atoms with Crippen molar-refractivity contribution in [3.05, 3.63) is 0 Å². The Bertz CT molecular complexity index is 123. The number of carbonyl (C=O) groups is 2. The largest absolute Gasteiger partial charge is 0.462 e. The average Bonchev–Trinajstić information content (AvgIpc) is 1.87. The molecule has 0 aromatic heterocycles. The summed E-state index contributed by atoms with van der Waals surface area (Å²) in [5, 5.41) is 0. The summed E-state index contributed by atoms with van der Waals surface area (Å²) in [5.74, 6) is -1.72. The monoisotopic (exact) mass is 132 g/mol. The molecule has 0 unspecified atom stereocenters. The minimum absolute atomic E-state index is 0.806. The summed E-state index contributed by atoms with van der Waals surface area (Å²) < 4.78 is 4.07. The minimum Gasteiger partial charge on any atom is -0.462 e. The van der Waals surface area contributed by atoms with Crippen molar-refractivity contribution in [2.45, 2.75) is 0 Å². The van der Waals surface area contributed by atoms with Gasteiger partial charge in [0.05, 0.1) is 7.11 Å². The van der Waals surface area contributed by atoms with Crippen molar-refractivity contribution in [1.82, 2.24) is 10.9 Å². The second-order valence-electron chi connectivity index (χ2n) is 1.20. The SMILES string of the molecule is CNNC(=O)C(=O)OC. The first-order valence-electron chi connectivity index (χ1n) is 2.27. The van der Waals surface area contributed by atoms with E-state index >= 15 is 0 Å². The topological polar surface area (TPSA) is 67.4 Å². The molecule has 2 N–H and O–H groups in total. The van der Waals surface area contributed by atoms with Crippen molar-refractivity contribution in [1.29, 1.82) is 0 Å². The van der Waals surface area contributed by atoms with Crippen molar-refractivity contribution < 1.29 is 14.3 Å². The molecule has 1 amide bonds. The van der Waals surface area contributed by atoms with Crippen LogP contribution in [0.5, 0.6) is 0 Å². The first kappa shape index (κ1) is 7.90. The molecule has 5 heteroatoms. The maximum atomic E-state index is 10.3. The maximum absolute atomic E-state index is 10.3. The molecule has 0 heterocycles. The summed E-state index contributed by atoms with van der Waals surface area (Å²) in [6.45, 7) is 0.